The molecule has 0 atom stereocenters. The molecule has 1 aromatic heterocycles. The lowest BCUT2D eigenvalue weighted by Gasteiger charge is -2.09. The topological polar surface area (TPSA) is 24.9 Å². The summed E-state index contributed by atoms with van der Waals surface area (Å²) in [4.78, 5) is 5.51. The van der Waals surface area contributed by atoms with E-state index in [1.807, 2.05) is 24.4 Å². The first-order chi connectivity index (χ1) is 9.74. The molecule has 1 fully saturated rings. The number of thiazole rings is 1. The highest BCUT2D eigenvalue weighted by molar-refractivity contribution is 7.15. The molecule has 0 saturated heterocycles. The van der Waals surface area contributed by atoms with Crippen molar-refractivity contribution in [3.63, 3.8) is 0 Å². The molecule has 0 spiro atoms. The molecule has 1 aliphatic rings. The van der Waals surface area contributed by atoms with Crippen molar-refractivity contribution in [2.75, 3.05) is 0 Å². The van der Waals surface area contributed by atoms with Gasteiger partial charge >= 0.3 is 0 Å². The van der Waals surface area contributed by atoms with Crippen LogP contribution in [0.2, 0.25) is 10.0 Å². The Morgan fingerprint density at radius 2 is 1.90 bits per heavy atom. The van der Waals surface area contributed by atoms with Crippen molar-refractivity contribution in [3.8, 4) is 10.4 Å². The Balaban J connectivity index is 1.73. The summed E-state index contributed by atoms with van der Waals surface area (Å²) in [5.74, 6) is 0. The van der Waals surface area contributed by atoms with Crippen molar-refractivity contribution in [2.24, 2.45) is 0 Å². The van der Waals surface area contributed by atoms with E-state index < -0.39 is 0 Å². The zero-order valence-electron chi connectivity index (χ0n) is 11.0. The number of aromatic nitrogens is 1. The number of nitrogens with zero attached hydrogens (tertiary/aromatic N) is 1. The SMILES string of the molecule is Clc1cccc(Cl)c1-c1cnc(CNC2CCCC2)s1. The number of rotatable bonds is 4. The molecule has 1 N–H and O–H groups in total. The molecule has 5 heteroatoms. The predicted octanol–water partition coefficient (Wildman–Crippen LogP) is 5.15. The molecule has 0 unspecified atom stereocenters. The first-order valence-corrected chi connectivity index (χ1v) is 8.44. The van der Waals surface area contributed by atoms with Crippen LogP contribution in [0.15, 0.2) is 24.4 Å². The third-order valence-electron chi connectivity index (χ3n) is 3.66. The number of nitrogens with one attached hydrogen (secondary N) is 1. The van der Waals surface area contributed by atoms with Crippen LogP contribution in [0, 0.1) is 0 Å². The lowest BCUT2D eigenvalue weighted by molar-refractivity contribution is 0.523. The molecular formula is C15H16Cl2N2S. The van der Waals surface area contributed by atoms with Gasteiger partial charge in [0, 0.05) is 24.3 Å². The van der Waals surface area contributed by atoms with Crippen LogP contribution in [0.1, 0.15) is 30.7 Å². The second kappa shape index (κ2) is 6.44. The maximum Gasteiger partial charge on any atom is 0.107 e. The van der Waals surface area contributed by atoms with Gasteiger partial charge in [0.1, 0.15) is 5.01 Å². The van der Waals surface area contributed by atoms with E-state index in [0.29, 0.717) is 16.1 Å². The fourth-order valence-corrected chi connectivity index (χ4v) is 4.26. The van der Waals surface area contributed by atoms with E-state index in [9.17, 15) is 0 Å². The van der Waals surface area contributed by atoms with Crippen LogP contribution >= 0.6 is 34.5 Å². The summed E-state index contributed by atoms with van der Waals surface area (Å²) in [6.07, 6.45) is 7.12. The zero-order chi connectivity index (χ0) is 13.9. The lowest BCUT2D eigenvalue weighted by Crippen LogP contribution is -2.25. The monoisotopic (exact) mass is 326 g/mol. The predicted molar refractivity (Wildman–Crippen MR) is 86.7 cm³/mol. The summed E-state index contributed by atoms with van der Waals surface area (Å²) in [5.41, 5.74) is 0.889. The molecular weight excluding hydrogens is 311 g/mol. The van der Waals surface area contributed by atoms with Crippen LogP contribution in [-0.4, -0.2) is 11.0 Å². The maximum absolute atomic E-state index is 6.23. The summed E-state index contributed by atoms with van der Waals surface area (Å²) >= 11 is 14.1. The number of hydrogen-bond donors (Lipinski definition) is 1. The van der Waals surface area contributed by atoms with Gasteiger partial charge < -0.3 is 5.32 Å². The summed E-state index contributed by atoms with van der Waals surface area (Å²) in [5, 5.41) is 6.01. The fourth-order valence-electron chi connectivity index (χ4n) is 2.60. The molecule has 0 radical (unpaired) electrons. The van der Waals surface area contributed by atoms with Crippen molar-refractivity contribution >= 4 is 34.5 Å². The van der Waals surface area contributed by atoms with Gasteiger partial charge in [-0.15, -0.1) is 11.3 Å². The van der Waals surface area contributed by atoms with E-state index in [1.165, 1.54) is 25.7 Å². The molecule has 3 rings (SSSR count). The highest BCUT2D eigenvalue weighted by atomic mass is 35.5. The Hall–Kier alpha value is -0.610. The zero-order valence-corrected chi connectivity index (χ0v) is 13.4. The van der Waals surface area contributed by atoms with Crippen LogP contribution < -0.4 is 5.32 Å². The standard InChI is InChI=1S/C15H16Cl2N2S/c16-11-6-3-7-12(17)15(11)13-8-19-14(20-13)9-18-10-4-1-2-5-10/h3,6-8,10,18H,1-2,4-5,9H2. The first kappa shape index (κ1) is 14.3. The lowest BCUT2D eigenvalue weighted by atomic mass is 10.2. The Bertz CT molecular complexity index is 571. The van der Waals surface area contributed by atoms with Gasteiger partial charge in [0.15, 0.2) is 0 Å². The van der Waals surface area contributed by atoms with Crippen molar-refractivity contribution in [3.05, 3.63) is 39.4 Å². The molecule has 20 heavy (non-hydrogen) atoms. The van der Waals surface area contributed by atoms with Crippen LogP contribution in [-0.2, 0) is 6.54 Å². The smallest absolute Gasteiger partial charge is 0.107 e. The van der Waals surface area contributed by atoms with Crippen molar-refractivity contribution in [2.45, 2.75) is 38.3 Å². The van der Waals surface area contributed by atoms with Gasteiger partial charge in [-0.05, 0) is 25.0 Å². The Morgan fingerprint density at radius 1 is 1.20 bits per heavy atom. The molecule has 0 aliphatic heterocycles. The average molecular weight is 327 g/mol. The molecule has 1 aliphatic carbocycles. The summed E-state index contributed by atoms with van der Waals surface area (Å²) < 4.78 is 0. The number of halogens is 2. The number of hydrogen-bond acceptors (Lipinski definition) is 3. The van der Waals surface area contributed by atoms with Gasteiger partial charge in [0.05, 0.1) is 14.9 Å². The summed E-state index contributed by atoms with van der Waals surface area (Å²) in [7, 11) is 0. The largest absolute Gasteiger partial charge is 0.308 e. The molecule has 1 saturated carbocycles. The third kappa shape index (κ3) is 3.17. The Labute approximate surface area is 133 Å². The second-order valence-electron chi connectivity index (χ2n) is 5.08. The van der Waals surface area contributed by atoms with Crippen LogP contribution in [0.4, 0.5) is 0 Å². The summed E-state index contributed by atoms with van der Waals surface area (Å²) in [6.45, 7) is 0.831. The van der Waals surface area contributed by atoms with Gasteiger partial charge in [-0.3, -0.25) is 0 Å². The van der Waals surface area contributed by atoms with Crippen LogP contribution in [0.25, 0.3) is 10.4 Å². The van der Waals surface area contributed by atoms with Crippen LogP contribution in [0.5, 0.6) is 0 Å². The quantitative estimate of drug-likeness (QED) is 0.840. The van der Waals surface area contributed by atoms with E-state index in [-0.39, 0.29) is 0 Å². The Morgan fingerprint density at radius 3 is 2.60 bits per heavy atom. The normalized spacial score (nSPS) is 15.9. The maximum atomic E-state index is 6.23. The summed E-state index contributed by atoms with van der Waals surface area (Å²) in [6, 6.07) is 6.24. The van der Waals surface area contributed by atoms with E-state index in [2.05, 4.69) is 10.3 Å². The van der Waals surface area contributed by atoms with Crippen molar-refractivity contribution in [1.82, 2.24) is 10.3 Å². The number of benzene rings is 1. The molecule has 106 valence electrons. The van der Waals surface area contributed by atoms with E-state index in [4.69, 9.17) is 23.2 Å². The fraction of sp³-hybridized carbons (Fsp3) is 0.400. The van der Waals surface area contributed by atoms with Gasteiger partial charge in [-0.2, -0.15) is 0 Å². The molecule has 2 nitrogen and oxygen atoms in total. The van der Waals surface area contributed by atoms with Crippen molar-refractivity contribution in [1.29, 1.82) is 0 Å². The van der Waals surface area contributed by atoms with Crippen molar-refractivity contribution < 1.29 is 0 Å². The second-order valence-corrected chi connectivity index (χ2v) is 7.01. The highest BCUT2D eigenvalue weighted by Gasteiger charge is 2.16. The molecule has 0 bridgehead atoms. The molecule has 2 aromatic rings. The average Bonchev–Trinajstić information content (AvgIpc) is 3.07. The van der Waals surface area contributed by atoms with Gasteiger partial charge in [-0.25, -0.2) is 4.98 Å². The minimum absolute atomic E-state index is 0.659. The van der Waals surface area contributed by atoms with Gasteiger partial charge in [0.2, 0.25) is 0 Å². The minimum Gasteiger partial charge on any atom is -0.308 e. The van der Waals surface area contributed by atoms with E-state index in [0.717, 1.165) is 22.0 Å². The highest BCUT2D eigenvalue weighted by Crippen LogP contribution is 2.37. The van der Waals surface area contributed by atoms with Crippen LogP contribution in [0.3, 0.4) is 0 Å². The first-order valence-electron chi connectivity index (χ1n) is 6.86. The molecule has 0 amide bonds. The minimum atomic E-state index is 0.659. The van der Waals surface area contributed by atoms with E-state index in [1.54, 1.807) is 11.3 Å². The van der Waals surface area contributed by atoms with E-state index >= 15 is 0 Å². The third-order valence-corrected chi connectivity index (χ3v) is 5.30. The molecule has 1 heterocycles. The molecule has 1 aromatic carbocycles. The van der Waals surface area contributed by atoms with Gasteiger partial charge in [0.25, 0.3) is 0 Å². The Kier molecular flexibility index (Phi) is 4.61. The van der Waals surface area contributed by atoms with Gasteiger partial charge in [-0.1, -0.05) is 42.1 Å².